The fourth-order valence-corrected chi connectivity index (χ4v) is 3.53. The number of nitrogens with two attached hydrogens (primary N) is 1. The first kappa shape index (κ1) is 22.9. The van der Waals surface area contributed by atoms with Crippen molar-refractivity contribution < 1.29 is 4.79 Å². The van der Waals surface area contributed by atoms with Gasteiger partial charge in [0.05, 0.1) is 0 Å². The molecule has 0 spiro atoms. The number of hydrogen-bond acceptors (Lipinski definition) is 4. The van der Waals surface area contributed by atoms with Crippen LogP contribution in [0.25, 0.3) is 0 Å². The smallest absolute Gasteiger partial charge is 0.224 e. The van der Waals surface area contributed by atoms with Crippen molar-refractivity contribution >= 4 is 30.7 Å². The lowest BCUT2D eigenvalue weighted by Crippen LogP contribution is -2.51. The molecule has 2 atom stereocenters. The van der Waals surface area contributed by atoms with Gasteiger partial charge in [-0.15, -0.1) is 24.8 Å². The monoisotopic (exact) mass is 368 g/mol. The maximum absolute atomic E-state index is 12.5. The number of piperidine rings is 1. The summed E-state index contributed by atoms with van der Waals surface area (Å²) in [6.45, 7) is 12.5. The highest BCUT2D eigenvalue weighted by atomic mass is 35.5. The van der Waals surface area contributed by atoms with E-state index in [1.54, 1.807) is 0 Å². The van der Waals surface area contributed by atoms with Crippen molar-refractivity contribution in [1.29, 1.82) is 0 Å². The lowest BCUT2D eigenvalue weighted by molar-refractivity contribution is -0.135. The van der Waals surface area contributed by atoms with Crippen molar-refractivity contribution in [3.8, 4) is 0 Å². The van der Waals surface area contributed by atoms with Crippen LogP contribution in [0.1, 0.15) is 33.1 Å². The summed E-state index contributed by atoms with van der Waals surface area (Å²) in [6, 6.07) is 0.262. The first-order valence-corrected chi connectivity index (χ1v) is 8.58. The number of likely N-dealkylation sites (tertiary alicyclic amines) is 1. The van der Waals surface area contributed by atoms with E-state index in [-0.39, 0.29) is 30.9 Å². The minimum Gasteiger partial charge on any atom is -0.338 e. The van der Waals surface area contributed by atoms with Gasteiger partial charge >= 0.3 is 0 Å². The number of amides is 1. The van der Waals surface area contributed by atoms with Gasteiger partial charge in [-0.25, -0.2) is 0 Å². The largest absolute Gasteiger partial charge is 0.338 e. The molecule has 2 saturated heterocycles. The highest BCUT2D eigenvalue weighted by Crippen LogP contribution is 2.22. The summed E-state index contributed by atoms with van der Waals surface area (Å²) in [5.74, 6) is 1.000. The first-order valence-electron chi connectivity index (χ1n) is 8.58. The second-order valence-corrected chi connectivity index (χ2v) is 6.63. The van der Waals surface area contributed by atoms with Crippen molar-refractivity contribution in [2.75, 3.05) is 52.4 Å². The van der Waals surface area contributed by atoms with Gasteiger partial charge in [0.25, 0.3) is 0 Å². The Morgan fingerprint density at radius 2 is 1.70 bits per heavy atom. The Morgan fingerprint density at radius 1 is 1.09 bits per heavy atom. The van der Waals surface area contributed by atoms with Crippen LogP contribution < -0.4 is 5.73 Å². The van der Waals surface area contributed by atoms with Gasteiger partial charge in [0.2, 0.25) is 5.91 Å². The Labute approximate surface area is 153 Å². The predicted molar refractivity (Wildman–Crippen MR) is 101 cm³/mol. The summed E-state index contributed by atoms with van der Waals surface area (Å²) in [5.41, 5.74) is 5.85. The van der Waals surface area contributed by atoms with Crippen LogP contribution in [0.2, 0.25) is 0 Å². The SMILES string of the molecule is CCN1CCN(CCC(=O)N2CCC(C)CC2CN)CC1.Cl.Cl. The third-order valence-electron chi connectivity index (χ3n) is 5.12. The summed E-state index contributed by atoms with van der Waals surface area (Å²) in [5, 5.41) is 0. The van der Waals surface area contributed by atoms with Gasteiger partial charge in [-0.05, 0) is 25.3 Å². The topological polar surface area (TPSA) is 52.8 Å². The molecule has 0 bridgehead atoms. The molecule has 7 heteroatoms. The fraction of sp³-hybridized carbons (Fsp3) is 0.938. The average Bonchev–Trinajstić information content (AvgIpc) is 2.52. The van der Waals surface area contributed by atoms with Crippen molar-refractivity contribution in [1.82, 2.24) is 14.7 Å². The van der Waals surface area contributed by atoms with E-state index < -0.39 is 0 Å². The first-order chi connectivity index (χ1) is 10.1. The molecule has 138 valence electrons. The highest BCUT2D eigenvalue weighted by molar-refractivity contribution is 5.85. The Morgan fingerprint density at radius 3 is 2.26 bits per heavy atom. The summed E-state index contributed by atoms with van der Waals surface area (Å²) in [6.07, 6.45) is 2.84. The van der Waals surface area contributed by atoms with Crippen LogP contribution in [-0.4, -0.2) is 79.0 Å². The molecule has 5 nitrogen and oxygen atoms in total. The molecular formula is C16H34Cl2N4O. The summed E-state index contributed by atoms with van der Waals surface area (Å²) >= 11 is 0. The molecule has 2 rings (SSSR count). The Balaban J connectivity index is 0.00000242. The summed E-state index contributed by atoms with van der Waals surface area (Å²) < 4.78 is 0. The molecule has 2 unspecified atom stereocenters. The lowest BCUT2D eigenvalue weighted by Gasteiger charge is -2.39. The summed E-state index contributed by atoms with van der Waals surface area (Å²) in [4.78, 5) is 19.4. The van der Waals surface area contributed by atoms with Gasteiger partial charge < -0.3 is 20.4 Å². The molecule has 1 amide bonds. The Hall–Kier alpha value is -0.0700. The second-order valence-electron chi connectivity index (χ2n) is 6.63. The minimum atomic E-state index is 0. The molecule has 0 aromatic heterocycles. The van der Waals surface area contributed by atoms with Crippen molar-refractivity contribution in [3.05, 3.63) is 0 Å². The van der Waals surface area contributed by atoms with E-state index in [0.717, 1.165) is 58.7 Å². The predicted octanol–water partition coefficient (Wildman–Crippen LogP) is 1.44. The van der Waals surface area contributed by atoms with Crippen LogP contribution in [0, 0.1) is 5.92 Å². The number of carbonyl (C=O) groups excluding carboxylic acids is 1. The number of piperazine rings is 1. The van der Waals surface area contributed by atoms with Gasteiger partial charge in [-0.1, -0.05) is 13.8 Å². The lowest BCUT2D eigenvalue weighted by atomic mass is 9.92. The van der Waals surface area contributed by atoms with Crippen LogP contribution in [0.15, 0.2) is 0 Å². The van der Waals surface area contributed by atoms with Crippen LogP contribution in [0.4, 0.5) is 0 Å². The van der Waals surface area contributed by atoms with E-state index in [9.17, 15) is 4.79 Å². The molecule has 2 heterocycles. The van der Waals surface area contributed by atoms with E-state index in [0.29, 0.717) is 24.8 Å². The van der Waals surface area contributed by atoms with Crippen LogP contribution >= 0.6 is 24.8 Å². The van der Waals surface area contributed by atoms with E-state index in [1.807, 2.05) is 4.90 Å². The maximum atomic E-state index is 12.5. The fourth-order valence-electron chi connectivity index (χ4n) is 3.53. The van der Waals surface area contributed by atoms with Gasteiger partial charge in [-0.2, -0.15) is 0 Å². The second kappa shape index (κ2) is 11.5. The van der Waals surface area contributed by atoms with Crippen molar-refractivity contribution in [2.45, 2.75) is 39.2 Å². The van der Waals surface area contributed by atoms with E-state index >= 15 is 0 Å². The molecule has 2 aliphatic rings. The zero-order chi connectivity index (χ0) is 15.2. The van der Waals surface area contributed by atoms with E-state index in [4.69, 9.17) is 5.73 Å². The number of rotatable bonds is 5. The number of carbonyl (C=O) groups is 1. The Kier molecular flexibility index (Phi) is 11.4. The van der Waals surface area contributed by atoms with Gasteiger partial charge in [0, 0.05) is 58.3 Å². The third-order valence-corrected chi connectivity index (χ3v) is 5.12. The molecule has 2 N–H and O–H groups in total. The van der Waals surface area contributed by atoms with E-state index in [1.165, 1.54) is 0 Å². The molecule has 23 heavy (non-hydrogen) atoms. The van der Waals surface area contributed by atoms with Gasteiger partial charge in [-0.3, -0.25) is 4.79 Å². The normalized spacial score (nSPS) is 26.3. The zero-order valence-electron chi connectivity index (χ0n) is 14.6. The van der Waals surface area contributed by atoms with Crippen LogP contribution in [0.5, 0.6) is 0 Å². The number of nitrogens with zero attached hydrogens (tertiary/aromatic N) is 3. The summed E-state index contributed by atoms with van der Waals surface area (Å²) in [7, 11) is 0. The number of likely N-dealkylation sites (N-methyl/N-ethyl adjacent to an activating group) is 1. The molecule has 0 saturated carbocycles. The molecular weight excluding hydrogens is 335 g/mol. The minimum absolute atomic E-state index is 0. The quantitative estimate of drug-likeness (QED) is 0.797. The standard InChI is InChI=1S/C16H32N4O.2ClH/c1-3-18-8-10-19(11-9-18)6-5-16(21)20-7-4-14(2)12-15(20)13-17;;/h14-15H,3-13,17H2,1-2H3;2*1H. The maximum Gasteiger partial charge on any atom is 0.224 e. The molecule has 0 aromatic carbocycles. The number of hydrogen-bond donors (Lipinski definition) is 1. The van der Waals surface area contributed by atoms with Crippen molar-refractivity contribution in [3.63, 3.8) is 0 Å². The molecule has 0 aromatic rings. The average molecular weight is 369 g/mol. The van der Waals surface area contributed by atoms with Crippen molar-refractivity contribution in [2.24, 2.45) is 11.7 Å². The Bertz CT molecular complexity index is 338. The van der Waals surface area contributed by atoms with E-state index in [2.05, 4.69) is 23.6 Å². The molecule has 0 radical (unpaired) electrons. The third kappa shape index (κ3) is 6.75. The van der Waals surface area contributed by atoms with Crippen LogP contribution in [0.3, 0.4) is 0 Å². The van der Waals surface area contributed by atoms with Gasteiger partial charge in [0.15, 0.2) is 0 Å². The number of halogens is 2. The van der Waals surface area contributed by atoms with Crippen LogP contribution in [-0.2, 0) is 4.79 Å². The van der Waals surface area contributed by atoms with Gasteiger partial charge in [0.1, 0.15) is 0 Å². The molecule has 2 aliphatic heterocycles. The zero-order valence-corrected chi connectivity index (χ0v) is 16.2. The molecule has 2 fully saturated rings. The highest BCUT2D eigenvalue weighted by Gasteiger charge is 2.29. The molecule has 0 aliphatic carbocycles.